The molecule has 0 unspecified atom stereocenters. The van der Waals surface area contributed by atoms with Crippen molar-refractivity contribution in [3.8, 4) is 17.2 Å². The van der Waals surface area contributed by atoms with Gasteiger partial charge in [0.05, 0.1) is 18.7 Å². The van der Waals surface area contributed by atoms with Crippen LogP contribution in [0.3, 0.4) is 0 Å². The number of hydrogen-bond donors (Lipinski definition) is 0. The molecule has 1 aromatic heterocycles. The average molecular weight is 238 g/mol. The molecule has 4 heteroatoms. The van der Waals surface area contributed by atoms with Crippen molar-refractivity contribution in [3.63, 3.8) is 0 Å². The Kier molecular flexibility index (Phi) is 3.15. The van der Waals surface area contributed by atoms with Gasteiger partial charge >= 0.3 is 0 Å². The largest absolute Gasteiger partial charge is 0.497 e. The van der Waals surface area contributed by atoms with Gasteiger partial charge in [-0.15, -0.1) is 11.6 Å². The Balaban J connectivity index is 2.41. The first-order valence-corrected chi connectivity index (χ1v) is 5.44. The van der Waals surface area contributed by atoms with Crippen molar-refractivity contribution in [1.29, 1.82) is 0 Å². The zero-order chi connectivity index (χ0) is 11.5. The van der Waals surface area contributed by atoms with Crippen LogP contribution in [-0.2, 0) is 5.88 Å². The summed E-state index contributed by atoms with van der Waals surface area (Å²) in [6.07, 6.45) is 0. The molecule has 0 fully saturated rings. The van der Waals surface area contributed by atoms with Gasteiger partial charge in [-0.2, -0.15) is 0 Å². The van der Waals surface area contributed by atoms with E-state index in [0.717, 1.165) is 22.8 Å². The fourth-order valence-corrected chi connectivity index (χ4v) is 1.68. The standard InChI is InChI=1S/C12H12ClNO2/c1-8-11(7-13)14-12(16-8)9-4-3-5-10(6-9)15-2/h3-6H,7H2,1-2H3. The van der Waals surface area contributed by atoms with E-state index in [1.807, 2.05) is 31.2 Å². The Bertz CT molecular complexity index is 494. The second kappa shape index (κ2) is 4.58. The summed E-state index contributed by atoms with van der Waals surface area (Å²) in [5.41, 5.74) is 1.67. The van der Waals surface area contributed by atoms with Gasteiger partial charge in [0, 0.05) is 5.56 Å². The molecular formula is C12H12ClNO2. The number of benzene rings is 1. The molecule has 0 saturated carbocycles. The van der Waals surface area contributed by atoms with Crippen molar-refractivity contribution >= 4 is 11.6 Å². The molecule has 0 spiro atoms. The zero-order valence-corrected chi connectivity index (χ0v) is 9.91. The third kappa shape index (κ3) is 2.04. The number of hydrogen-bond acceptors (Lipinski definition) is 3. The molecule has 0 saturated heterocycles. The lowest BCUT2D eigenvalue weighted by molar-refractivity contribution is 0.414. The molecule has 0 aliphatic heterocycles. The minimum Gasteiger partial charge on any atom is -0.497 e. The number of rotatable bonds is 3. The van der Waals surface area contributed by atoms with E-state index in [2.05, 4.69) is 4.98 Å². The quantitative estimate of drug-likeness (QED) is 0.768. The van der Waals surface area contributed by atoms with E-state index in [4.69, 9.17) is 20.8 Å². The normalized spacial score (nSPS) is 10.4. The summed E-state index contributed by atoms with van der Waals surface area (Å²) in [5.74, 6) is 2.47. The fraction of sp³-hybridized carbons (Fsp3) is 0.250. The molecular weight excluding hydrogens is 226 g/mol. The number of ether oxygens (including phenoxy) is 1. The van der Waals surface area contributed by atoms with Crippen molar-refractivity contribution in [2.45, 2.75) is 12.8 Å². The van der Waals surface area contributed by atoms with E-state index in [0.29, 0.717) is 11.8 Å². The van der Waals surface area contributed by atoms with Crippen LogP contribution in [0.2, 0.25) is 0 Å². The number of nitrogens with zero attached hydrogens (tertiary/aromatic N) is 1. The van der Waals surface area contributed by atoms with Crippen molar-refractivity contribution in [2.24, 2.45) is 0 Å². The molecule has 0 aliphatic carbocycles. The number of aryl methyl sites for hydroxylation is 1. The Morgan fingerprint density at radius 3 is 2.88 bits per heavy atom. The van der Waals surface area contributed by atoms with Crippen LogP contribution in [0.1, 0.15) is 11.5 Å². The number of methoxy groups -OCH3 is 1. The first-order valence-electron chi connectivity index (χ1n) is 4.91. The van der Waals surface area contributed by atoms with E-state index in [-0.39, 0.29) is 0 Å². The minimum atomic E-state index is 0.360. The van der Waals surface area contributed by atoms with Crippen LogP contribution in [0.25, 0.3) is 11.5 Å². The molecule has 84 valence electrons. The molecule has 1 heterocycles. The van der Waals surface area contributed by atoms with Gasteiger partial charge in [0.15, 0.2) is 0 Å². The average Bonchev–Trinajstić information content (AvgIpc) is 2.71. The number of halogens is 1. The van der Waals surface area contributed by atoms with Crippen LogP contribution < -0.4 is 4.74 Å². The Hall–Kier alpha value is -1.48. The fourth-order valence-electron chi connectivity index (χ4n) is 1.43. The number of oxazole rings is 1. The Morgan fingerprint density at radius 2 is 2.25 bits per heavy atom. The van der Waals surface area contributed by atoms with Gasteiger partial charge in [-0.1, -0.05) is 6.07 Å². The molecule has 2 aromatic rings. The van der Waals surface area contributed by atoms with Gasteiger partial charge in [-0.05, 0) is 25.1 Å². The van der Waals surface area contributed by atoms with Gasteiger partial charge in [-0.3, -0.25) is 0 Å². The number of alkyl halides is 1. The maximum Gasteiger partial charge on any atom is 0.226 e. The van der Waals surface area contributed by atoms with Crippen molar-refractivity contribution in [2.75, 3.05) is 7.11 Å². The highest BCUT2D eigenvalue weighted by Crippen LogP contribution is 2.25. The van der Waals surface area contributed by atoms with E-state index >= 15 is 0 Å². The summed E-state index contributed by atoms with van der Waals surface area (Å²) in [7, 11) is 1.63. The highest BCUT2D eigenvalue weighted by atomic mass is 35.5. The monoisotopic (exact) mass is 237 g/mol. The summed E-state index contributed by atoms with van der Waals surface area (Å²) in [5, 5.41) is 0. The second-order valence-electron chi connectivity index (χ2n) is 3.39. The van der Waals surface area contributed by atoms with Crippen molar-refractivity contribution < 1.29 is 9.15 Å². The predicted molar refractivity (Wildman–Crippen MR) is 62.8 cm³/mol. The lowest BCUT2D eigenvalue weighted by atomic mass is 10.2. The summed E-state index contributed by atoms with van der Waals surface area (Å²) in [6.45, 7) is 1.86. The van der Waals surface area contributed by atoms with Gasteiger partial charge in [0.25, 0.3) is 0 Å². The third-order valence-corrected chi connectivity index (χ3v) is 2.59. The first kappa shape index (κ1) is 11.0. The summed E-state index contributed by atoms with van der Waals surface area (Å²) in [4.78, 5) is 4.32. The lowest BCUT2D eigenvalue weighted by Gasteiger charge is -2.00. The maximum atomic E-state index is 5.74. The molecule has 0 atom stereocenters. The van der Waals surface area contributed by atoms with Crippen LogP contribution in [0, 0.1) is 6.92 Å². The third-order valence-electron chi connectivity index (χ3n) is 2.34. The van der Waals surface area contributed by atoms with Crippen LogP contribution in [-0.4, -0.2) is 12.1 Å². The highest BCUT2D eigenvalue weighted by Gasteiger charge is 2.10. The minimum absolute atomic E-state index is 0.360. The van der Waals surface area contributed by atoms with E-state index in [1.165, 1.54) is 0 Å². The molecule has 0 amide bonds. The van der Waals surface area contributed by atoms with Gasteiger partial charge in [-0.25, -0.2) is 4.98 Å². The number of aromatic nitrogens is 1. The van der Waals surface area contributed by atoms with Crippen LogP contribution in [0.4, 0.5) is 0 Å². The van der Waals surface area contributed by atoms with Gasteiger partial charge in [0.1, 0.15) is 11.5 Å². The van der Waals surface area contributed by atoms with E-state index in [9.17, 15) is 0 Å². The molecule has 0 N–H and O–H groups in total. The molecule has 0 aliphatic rings. The molecule has 2 rings (SSSR count). The highest BCUT2D eigenvalue weighted by molar-refractivity contribution is 6.16. The van der Waals surface area contributed by atoms with E-state index < -0.39 is 0 Å². The maximum absolute atomic E-state index is 5.74. The molecule has 1 aromatic carbocycles. The zero-order valence-electron chi connectivity index (χ0n) is 9.16. The van der Waals surface area contributed by atoms with Crippen molar-refractivity contribution in [1.82, 2.24) is 4.98 Å². The summed E-state index contributed by atoms with van der Waals surface area (Å²) >= 11 is 5.74. The Labute approximate surface area is 99.0 Å². The molecule has 0 radical (unpaired) electrons. The topological polar surface area (TPSA) is 35.3 Å². The van der Waals surface area contributed by atoms with Crippen molar-refractivity contribution in [3.05, 3.63) is 35.7 Å². The van der Waals surface area contributed by atoms with Crippen LogP contribution in [0.5, 0.6) is 5.75 Å². The summed E-state index contributed by atoms with van der Waals surface area (Å²) < 4.78 is 10.7. The lowest BCUT2D eigenvalue weighted by Crippen LogP contribution is -1.84. The van der Waals surface area contributed by atoms with Gasteiger partial charge in [0.2, 0.25) is 5.89 Å². The van der Waals surface area contributed by atoms with E-state index in [1.54, 1.807) is 7.11 Å². The molecule has 16 heavy (non-hydrogen) atoms. The predicted octanol–water partition coefficient (Wildman–Crippen LogP) is 3.40. The van der Waals surface area contributed by atoms with Crippen LogP contribution in [0.15, 0.2) is 28.7 Å². The molecule has 3 nitrogen and oxygen atoms in total. The molecule has 0 bridgehead atoms. The summed E-state index contributed by atoms with van der Waals surface area (Å²) in [6, 6.07) is 7.57. The first-order chi connectivity index (χ1) is 7.74. The van der Waals surface area contributed by atoms with Crippen LogP contribution >= 0.6 is 11.6 Å². The smallest absolute Gasteiger partial charge is 0.226 e. The SMILES string of the molecule is COc1cccc(-c2nc(CCl)c(C)o2)c1. The van der Waals surface area contributed by atoms with Gasteiger partial charge < -0.3 is 9.15 Å². The Morgan fingerprint density at radius 1 is 1.44 bits per heavy atom. The second-order valence-corrected chi connectivity index (χ2v) is 3.65.